The van der Waals surface area contributed by atoms with Gasteiger partial charge in [0.25, 0.3) is 0 Å². The lowest BCUT2D eigenvalue weighted by molar-refractivity contribution is 1.30. The summed E-state index contributed by atoms with van der Waals surface area (Å²) < 4.78 is 0. The van der Waals surface area contributed by atoms with Gasteiger partial charge >= 0.3 is 0 Å². The van der Waals surface area contributed by atoms with Gasteiger partial charge in [-0.25, -0.2) is 0 Å². The number of aliphatic imine (C=N–C) groups is 1. The maximum Gasteiger partial charge on any atom is 0.0717 e. The molecule has 1 radical (unpaired) electrons. The summed E-state index contributed by atoms with van der Waals surface area (Å²) in [5.41, 5.74) is 5.93. The van der Waals surface area contributed by atoms with Crippen LogP contribution < -0.4 is 0 Å². The van der Waals surface area contributed by atoms with E-state index in [2.05, 4.69) is 31.0 Å². The molecule has 0 aromatic carbocycles. The molecule has 0 amide bonds. The first-order chi connectivity index (χ1) is 5.18. The molecule has 0 aromatic rings. The quantitative estimate of drug-likeness (QED) is 0.495. The molecular weight excluding hydrogens is 134 g/mol. The van der Waals surface area contributed by atoms with Crippen LogP contribution in [-0.2, 0) is 0 Å². The number of hydrogen-bond donors (Lipinski definition) is 0. The van der Waals surface area contributed by atoms with Gasteiger partial charge < -0.3 is 0 Å². The maximum atomic E-state index is 4.34. The monoisotopic (exact) mass is 144 g/mol. The summed E-state index contributed by atoms with van der Waals surface area (Å²) >= 11 is 0. The van der Waals surface area contributed by atoms with E-state index in [4.69, 9.17) is 0 Å². The summed E-state index contributed by atoms with van der Waals surface area (Å²) in [4.78, 5) is 4.34. The third kappa shape index (κ3) is 0.805. The lowest BCUT2D eigenvalue weighted by Crippen LogP contribution is -1.87. The first-order valence-corrected chi connectivity index (χ1v) is 3.77. The fourth-order valence-corrected chi connectivity index (χ4v) is 1.41. The van der Waals surface area contributed by atoms with Crippen molar-refractivity contribution in [2.45, 2.75) is 20.8 Å². The molecular formula is C10H10N. The Morgan fingerprint density at radius 2 is 2.00 bits per heavy atom. The number of fused-ring (bicyclic) bond motifs is 1. The Morgan fingerprint density at radius 3 is 2.64 bits per heavy atom. The molecule has 55 valence electrons. The summed E-state index contributed by atoms with van der Waals surface area (Å²) in [6, 6.07) is 0. The van der Waals surface area contributed by atoms with Crippen molar-refractivity contribution >= 4 is 5.71 Å². The molecule has 2 rings (SSSR count). The van der Waals surface area contributed by atoms with Crippen molar-refractivity contribution in [2.24, 2.45) is 4.99 Å². The van der Waals surface area contributed by atoms with Crippen LogP contribution in [0, 0.1) is 6.08 Å². The Morgan fingerprint density at radius 1 is 1.27 bits per heavy atom. The van der Waals surface area contributed by atoms with E-state index < -0.39 is 0 Å². The van der Waals surface area contributed by atoms with Crippen molar-refractivity contribution in [3.63, 3.8) is 0 Å². The molecule has 0 fully saturated rings. The van der Waals surface area contributed by atoms with Gasteiger partial charge in [0.05, 0.1) is 5.71 Å². The van der Waals surface area contributed by atoms with Crippen LogP contribution in [-0.4, -0.2) is 5.71 Å². The van der Waals surface area contributed by atoms with Gasteiger partial charge in [-0.05, 0) is 38.0 Å². The smallest absolute Gasteiger partial charge is 0.0717 e. The van der Waals surface area contributed by atoms with Crippen LogP contribution in [0.3, 0.4) is 0 Å². The molecule has 1 nitrogen and oxygen atoms in total. The highest BCUT2D eigenvalue weighted by Crippen LogP contribution is 2.29. The molecule has 0 saturated carbocycles. The zero-order valence-electron chi connectivity index (χ0n) is 7.02. The predicted molar refractivity (Wildman–Crippen MR) is 46.3 cm³/mol. The fraction of sp³-hybridized carbons (Fsp3) is 0.300. The molecule has 0 spiro atoms. The highest BCUT2D eigenvalue weighted by Gasteiger charge is 2.19. The largest absolute Gasteiger partial charge is 0.252 e. The Labute approximate surface area is 66.8 Å². The van der Waals surface area contributed by atoms with Crippen molar-refractivity contribution in [2.75, 3.05) is 0 Å². The van der Waals surface area contributed by atoms with E-state index >= 15 is 0 Å². The highest BCUT2D eigenvalue weighted by molar-refractivity contribution is 6.15. The van der Waals surface area contributed by atoms with E-state index in [1.807, 2.05) is 6.92 Å². The fourth-order valence-electron chi connectivity index (χ4n) is 1.41. The van der Waals surface area contributed by atoms with Crippen LogP contribution in [0.5, 0.6) is 0 Å². The first-order valence-electron chi connectivity index (χ1n) is 3.77. The van der Waals surface area contributed by atoms with E-state index in [-0.39, 0.29) is 0 Å². The molecule has 0 saturated heterocycles. The van der Waals surface area contributed by atoms with E-state index in [0.717, 1.165) is 11.4 Å². The lowest BCUT2D eigenvalue weighted by atomic mass is 10.1. The van der Waals surface area contributed by atoms with Crippen LogP contribution in [0.2, 0.25) is 0 Å². The average Bonchev–Trinajstić information content (AvgIpc) is 2.37. The van der Waals surface area contributed by atoms with E-state index in [1.54, 1.807) is 0 Å². The van der Waals surface area contributed by atoms with Crippen LogP contribution in [0.4, 0.5) is 0 Å². The van der Waals surface area contributed by atoms with Gasteiger partial charge in [-0.2, -0.15) is 0 Å². The second-order valence-corrected chi connectivity index (χ2v) is 3.03. The van der Waals surface area contributed by atoms with Crippen molar-refractivity contribution in [1.29, 1.82) is 0 Å². The Balaban J connectivity index is 2.58. The van der Waals surface area contributed by atoms with Gasteiger partial charge in [0, 0.05) is 17.3 Å². The van der Waals surface area contributed by atoms with Crippen LogP contribution in [0.1, 0.15) is 20.8 Å². The summed E-state index contributed by atoms with van der Waals surface area (Å²) in [6.45, 7) is 6.21. The number of rotatable bonds is 0. The third-order valence-corrected chi connectivity index (χ3v) is 2.17. The summed E-state index contributed by atoms with van der Waals surface area (Å²) in [5, 5.41) is 0. The summed E-state index contributed by atoms with van der Waals surface area (Å²) in [7, 11) is 0. The zero-order valence-corrected chi connectivity index (χ0v) is 7.02. The normalized spacial score (nSPS) is 21.5. The second kappa shape index (κ2) is 1.94. The maximum absolute atomic E-state index is 4.34. The Bertz CT molecular complexity index is 338. The number of allylic oxidation sites excluding steroid dienone is 6. The highest BCUT2D eigenvalue weighted by atomic mass is 14.8. The molecule has 0 aromatic heterocycles. The van der Waals surface area contributed by atoms with Crippen molar-refractivity contribution < 1.29 is 0 Å². The predicted octanol–water partition coefficient (Wildman–Crippen LogP) is 2.42. The van der Waals surface area contributed by atoms with Crippen LogP contribution in [0.15, 0.2) is 33.5 Å². The van der Waals surface area contributed by atoms with Gasteiger partial charge in [0.1, 0.15) is 0 Å². The molecule has 2 aliphatic rings. The van der Waals surface area contributed by atoms with E-state index in [1.165, 1.54) is 16.7 Å². The van der Waals surface area contributed by atoms with Gasteiger partial charge in [-0.3, -0.25) is 4.99 Å². The van der Waals surface area contributed by atoms with Crippen LogP contribution >= 0.6 is 0 Å². The minimum absolute atomic E-state index is 0.998. The summed E-state index contributed by atoms with van der Waals surface area (Å²) in [6.07, 6.45) is 5.36. The summed E-state index contributed by atoms with van der Waals surface area (Å²) in [5.74, 6) is 0. The SMILES string of the molecule is CC1=[C]C2=C(C)C(C)=CC2=N1. The number of nitrogens with zero attached hydrogens (tertiary/aromatic N) is 1. The molecule has 0 N–H and O–H groups in total. The second-order valence-electron chi connectivity index (χ2n) is 3.03. The molecule has 0 bridgehead atoms. The lowest BCUT2D eigenvalue weighted by Gasteiger charge is -1.93. The Hall–Kier alpha value is -1.11. The first kappa shape index (κ1) is 6.59. The van der Waals surface area contributed by atoms with E-state index in [0.29, 0.717) is 0 Å². The third-order valence-electron chi connectivity index (χ3n) is 2.17. The Kier molecular flexibility index (Phi) is 1.16. The minimum Gasteiger partial charge on any atom is -0.252 e. The zero-order chi connectivity index (χ0) is 8.01. The van der Waals surface area contributed by atoms with Crippen molar-refractivity contribution in [3.05, 3.63) is 34.6 Å². The van der Waals surface area contributed by atoms with Gasteiger partial charge in [-0.15, -0.1) is 0 Å². The van der Waals surface area contributed by atoms with Crippen molar-refractivity contribution in [1.82, 2.24) is 0 Å². The van der Waals surface area contributed by atoms with Gasteiger partial charge in [0.15, 0.2) is 0 Å². The number of hydrogen-bond acceptors (Lipinski definition) is 1. The molecule has 1 aliphatic carbocycles. The molecule has 1 heteroatoms. The molecule has 1 heterocycles. The minimum atomic E-state index is 0.998. The topological polar surface area (TPSA) is 12.4 Å². The van der Waals surface area contributed by atoms with Crippen LogP contribution in [0.25, 0.3) is 0 Å². The standard InChI is InChI=1S/C10H10N/c1-6-4-10-9(8(6)3)5-7(2)11-10/h4H,1-3H3. The van der Waals surface area contributed by atoms with Gasteiger partial charge in [0.2, 0.25) is 0 Å². The van der Waals surface area contributed by atoms with E-state index in [9.17, 15) is 0 Å². The average molecular weight is 144 g/mol. The van der Waals surface area contributed by atoms with Crippen molar-refractivity contribution in [3.8, 4) is 0 Å². The molecule has 0 unspecified atom stereocenters. The molecule has 1 aliphatic heterocycles. The molecule has 11 heavy (non-hydrogen) atoms. The van der Waals surface area contributed by atoms with Gasteiger partial charge in [-0.1, -0.05) is 0 Å². The molecule has 0 atom stereocenters.